The number of hydrogen-bond donors (Lipinski definition) is 0. The van der Waals surface area contributed by atoms with E-state index < -0.39 is 17.4 Å². The second-order valence-corrected chi connectivity index (χ2v) is 5.44. The van der Waals surface area contributed by atoms with E-state index in [1.807, 2.05) is 44.2 Å². The van der Waals surface area contributed by atoms with Gasteiger partial charge < -0.3 is 9.47 Å². The second kappa shape index (κ2) is 7.62. The Balaban J connectivity index is 2.91. The molecule has 0 bridgehead atoms. The minimum Gasteiger partial charge on any atom is -0.466 e. The Morgan fingerprint density at radius 3 is 2.24 bits per heavy atom. The quantitative estimate of drug-likeness (QED) is 0.597. The Kier molecular flexibility index (Phi) is 6.15. The van der Waals surface area contributed by atoms with Crippen molar-refractivity contribution < 1.29 is 19.1 Å². The molecule has 4 nitrogen and oxygen atoms in total. The summed E-state index contributed by atoms with van der Waals surface area (Å²) in [4.78, 5) is 23.4. The van der Waals surface area contributed by atoms with Crippen molar-refractivity contribution in [2.24, 2.45) is 5.41 Å². The largest absolute Gasteiger partial charge is 0.466 e. The molecule has 1 aromatic carbocycles. The molecule has 114 valence electrons. The Bertz CT molecular complexity index is 515. The molecule has 0 aliphatic heterocycles. The van der Waals surface area contributed by atoms with Crippen LogP contribution in [0.4, 0.5) is 0 Å². The summed E-state index contributed by atoms with van der Waals surface area (Å²) in [5.74, 6) is -1.05. The zero-order chi connectivity index (χ0) is 15.9. The first-order chi connectivity index (χ1) is 9.90. The highest BCUT2D eigenvalue weighted by molar-refractivity contribution is 5.97. The van der Waals surface area contributed by atoms with Crippen LogP contribution in [0.3, 0.4) is 0 Å². The van der Waals surface area contributed by atoms with Gasteiger partial charge in [-0.05, 0) is 23.8 Å². The second-order valence-electron chi connectivity index (χ2n) is 5.44. The molecule has 0 aliphatic rings. The lowest BCUT2D eigenvalue weighted by Gasteiger charge is -2.26. The van der Waals surface area contributed by atoms with Gasteiger partial charge in [-0.1, -0.05) is 44.2 Å². The van der Waals surface area contributed by atoms with Crippen molar-refractivity contribution in [3.05, 3.63) is 47.5 Å². The summed E-state index contributed by atoms with van der Waals surface area (Å²) in [6, 6.07) is 10.0. The maximum absolute atomic E-state index is 11.9. The van der Waals surface area contributed by atoms with Crippen molar-refractivity contribution in [3.8, 4) is 0 Å². The highest BCUT2D eigenvalue weighted by Gasteiger charge is 2.30. The Hall–Kier alpha value is -2.10. The predicted molar refractivity (Wildman–Crippen MR) is 80.7 cm³/mol. The third-order valence-corrected chi connectivity index (χ3v) is 3.48. The number of carbonyl (C=O) groups excluding carboxylic acids is 2. The van der Waals surface area contributed by atoms with Crippen molar-refractivity contribution >= 4 is 11.9 Å². The molecular formula is C17H22O4. The van der Waals surface area contributed by atoms with E-state index in [1.54, 1.807) is 0 Å². The van der Waals surface area contributed by atoms with E-state index in [0.717, 1.165) is 12.8 Å². The summed E-state index contributed by atoms with van der Waals surface area (Å²) < 4.78 is 9.39. The third-order valence-electron chi connectivity index (χ3n) is 3.48. The van der Waals surface area contributed by atoms with Crippen LogP contribution in [0.2, 0.25) is 0 Å². The maximum Gasteiger partial charge on any atom is 0.334 e. The minimum atomic E-state index is -0.553. The number of esters is 2. The summed E-state index contributed by atoms with van der Waals surface area (Å²) >= 11 is 0. The zero-order valence-corrected chi connectivity index (χ0v) is 13.0. The Labute approximate surface area is 125 Å². The van der Waals surface area contributed by atoms with E-state index in [0.29, 0.717) is 5.57 Å². The number of hydrogen-bond acceptors (Lipinski definition) is 4. The van der Waals surface area contributed by atoms with Gasteiger partial charge in [0.25, 0.3) is 0 Å². The SMILES string of the molecule is COC(=O)/C=C(\C(=O)OC)C(C)(C)CCc1ccccc1. The molecule has 0 N–H and O–H groups in total. The first-order valence-corrected chi connectivity index (χ1v) is 6.83. The average Bonchev–Trinajstić information content (AvgIpc) is 2.50. The predicted octanol–water partition coefficient (Wildman–Crippen LogP) is 2.92. The molecule has 4 heteroatoms. The van der Waals surface area contributed by atoms with Crippen molar-refractivity contribution in [1.29, 1.82) is 0 Å². The summed E-state index contributed by atoms with van der Waals surface area (Å²) in [5.41, 5.74) is 1.03. The molecule has 0 fully saturated rings. The van der Waals surface area contributed by atoms with Crippen molar-refractivity contribution in [2.75, 3.05) is 14.2 Å². The molecule has 0 radical (unpaired) electrons. The Morgan fingerprint density at radius 1 is 1.10 bits per heavy atom. The fraction of sp³-hybridized carbons (Fsp3) is 0.412. The molecule has 0 aromatic heterocycles. The molecule has 1 rings (SSSR count). The van der Waals surface area contributed by atoms with Gasteiger partial charge >= 0.3 is 11.9 Å². The van der Waals surface area contributed by atoms with Crippen LogP contribution in [0, 0.1) is 5.41 Å². The van der Waals surface area contributed by atoms with E-state index in [9.17, 15) is 9.59 Å². The summed E-state index contributed by atoms with van der Waals surface area (Å²) in [6.07, 6.45) is 2.75. The molecule has 0 saturated heterocycles. The highest BCUT2D eigenvalue weighted by atomic mass is 16.5. The number of benzene rings is 1. The third kappa shape index (κ3) is 5.06. The molecule has 21 heavy (non-hydrogen) atoms. The molecule has 0 amide bonds. The first kappa shape index (κ1) is 17.0. The van der Waals surface area contributed by atoms with Crippen molar-refractivity contribution in [3.63, 3.8) is 0 Å². The number of carbonyl (C=O) groups is 2. The maximum atomic E-state index is 11.9. The topological polar surface area (TPSA) is 52.6 Å². The smallest absolute Gasteiger partial charge is 0.334 e. The van der Waals surface area contributed by atoms with Gasteiger partial charge in [-0.15, -0.1) is 0 Å². The molecule has 0 atom stereocenters. The van der Waals surface area contributed by atoms with Crippen LogP contribution in [0.1, 0.15) is 25.8 Å². The molecule has 0 unspecified atom stereocenters. The number of aryl methyl sites for hydroxylation is 1. The van der Waals surface area contributed by atoms with Gasteiger partial charge in [0, 0.05) is 11.6 Å². The van der Waals surface area contributed by atoms with E-state index in [1.165, 1.54) is 25.9 Å². The normalized spacial score (nSPS) is 11.9. The zero-order valence-electron chi connectivity index (χ0n) is 13.0. The van der Waals surface area contributed by atoms with Gasteiger partial charge in [-0.2, -0.15) is 0 Å². The minimum absolute atomic E-state index is 0.327. The first-order valence-electron chi connectivity index (χ1n) is 6.83. The molecule has 0 saturated carbocycles. The average molecular weight is 290 g/mol. The standard InChI is InChI=1S/C17H22O4/c1-17(2,11-10-13-8-6-5-7-9-13)14(16(19)21-4)12-15(18)20-3/h5-9,12H,10-11H2,1-4H3/b14-12+. The lowest BCUT2D eigenvalue weighted by atomic mass is 9.78. The van der Waals surface area contributed by atoms with E-state index in [4.69, 9.17) is 4.74 Å². The molecule has 0 aliphatic carbocycles. The lowest BCUT2D eigenvalue weighted by molar-refractivity contribution is -0.139. The Morgan fingerprint density at radius 2 is 1.71 bits per heavy atom. The molecule has 0 heterocycles. The molecule has 1 aromatic rings. The van der Waals surface area contributed by atoms with Crippen LogP contribution in [0.15, 0.2) is 42.0 Å². The van der Waals surface area contributed by atoms with Gasteiger partial charge in [0.05, 0.1) is 14.2 Å². The summed E-state index contributed by atoms with van der Waals surface area (Å²) in [7, 11) is 2.59. The molecule has 0 spiro atoms. The van der Waals surface area contributed by atoms with Crippen LogP contribution in [0.25, 0.3) is 0 Å². The van der Waals surface area contributed by atoms with Crippen molar-refractivity contribution in [1.82, 2.24) is 0 Å². The van der Waals surface area contributed by atoms with E-state index in [2.05, 4.69) is 4.74 Å². The monoisotopic (exact) mass is 290 g/mol. The van der Waals surface area contributed by atoms with Gasteiger partial charge in [-0.25, -0.2) is 9.59 Å². The fourth-order valence-electron chi connectivity index (χ4n) is 2.05. The van der Waals surface area contributed by atoms with E-state index >= 15 is 0 Å². The van der Waals surface area contributed by atoms with Gasteiger partial charge in [0.15, 0.2) is 0 Å². The number of rotatable bonds is 6. The van der Waals surface area contributed by atoms with Crippen LogP contribution >= 0.6 is 0 Å². The van der Waals surface area contributed by atoms with Crippen LogP contribution in [-0.2, 0) is 25.5 Å². The summed E-state index contributed by atoms with van der Waals surface area (Å²) in [6.45, 7) is 3.84. The lowest BCUT2D eigenvalue weighted by Crippen LogP contribution is -2.24. The summed E-state index contributed by atoms with van der Waals surface area (Å²) in [5, 5.41) is 0. The van der Waals surface area contributed by atoms with Gasteiger partial charge in [0.1, 0.15) is 0 Å². The van der Waals surface area contributed by atoms with E-state index in [-0.39, 0.29) is 0 Å². The van der Waals surface area contributed by atoms with Crippen LogP contribution in [0.5, 0.6) is 0 Å². The fourth-order valence-corrected chi connectivity index (χ4v) is 2.05. The van der Waals surface area contributed by atoms with Gasteiger partial charge in [0.2, 0.25) is 0 Å². The number of methoxy groups -OCH3 is 2. The van der Waals surface area contributed by atoms with Gasteiger partial charge in [-0.3, -0.25) is 0 Å². The van der Waals surface area contributed by atoms with Crippen LogP contribution < -0.4 is 0 Å². The van der Waals surface area contributed by atoms with Crippen LogP contribution in [-0.4, -0.2) is 26.2 Å². The number of ether oxygens (including phenoxy) is 2. The van der Waals surface area contributed by atoms with Crippen molar-refractivity contribution in [2.45, 2.75) is 26.7 Å². The highest BCUT2D eigenvalue weighted by Crippen LogP contribution is 2.32. The molecular weight excluding hydrogens is 268 g/mol.